The van der Waals surface area contributed by atoms with Crippen molar-refractivity contribution in [3.05, 3.63) is 0 Å². The summed E-state index contributed by atoms with van der Waals surface area (Å²) in [6.07, 6.45) is -30.9. The van der Waals surface area contributed by atoms with E-state index in [0.717, 1.165) is 6.92 Å². The van der Waals surface area contributed by atoms with Crippen LogP contribution >= 0.6 is 0 Å². The van der Waals surface area contributed by atoms with Crippen molar-refractivity contribution >= 4 is 5.91 Å². The number of ether oxygens (including phenoxy) is 7. The van der Waals surface area contributed by atoms with Crippen LogP contribution in [0.15, 0.2) is 0 Å². The van der Waals surface area contributed by atoms with Gasteiger partial charge < -0.3 is 105 Å². The zero-order valence-corrected chi connectivity index (χ0v) is 25.6. The van der Waals surface area contributed by atoms with E-state index in [1.165, 1.54) is 0 Å². The predicted octanol–water partition coefficient (Wildman–Crippen LogP) is -9.64. The van der Waals surface area contributed by atoms with Crippen LogP contribution in [0.3, 0.4) is 0 Å². The molecular formula is C26H46N2O20. The number of nitrogens with one attached hydrogen (secondary N) is 1. The summed E-state index contributed by atoms with van der Waals surface area (Å²) in [5, 5.41) is 126. The minimum Gasteiger partial charge on any atom is -0.394 e. The normalized spacial score (nSPS) is 50.2. The van der Waals surface area contributed by atoms with Crippen LogP contribution in [-0.2, 0) is 38.0 Å². The molecule has 280 valence electrons. The van der Waals surface area contributed by atoms with Gasteiger partial charge in [-0.3, -0.25) is 4.79 Å². The van der Waals surface area contributed by atoms with Crippen LogP contribution in [0.25, 0.3) is 0 Å². The van der Waals surface area contributed by atoms with Crippen LogP contribution in [-0.4, -0.2) is 216 Å². The second kappa shape index (κ2) is 16.8. The first-order chi connectivity index (χ1) is 22.7. The second-order valence-corrected chi connectivity index (χ2v) is 12.0. The van der Waals surface area contributed by atoms with E-state index in [2.05, 4.69) is 5.32 Å². The number of carbonyl (C=O) groups excluding carboxylic acids is 1. The monoisotopic (exact) mass is 706 g/mol. The molecule has 0 aromatic rings. The highest BCUT2D eigenvalue weighted by Gasteiger charge is 2.55. The van der Waals surface area contributed by atoms with E-state index in [4.69, 9.17) is 38.9 Å². The summed E-state index contributed by atoms with van der Waals surface area (Å²) in [4.78, 5) is 12.3. The Bertz CT molecular complexity index is 1030. The number of amides is 1. The van der Waals surface area contributed by atoms with E-state index >= 15 is 0 Å². The van der Waals surface area contributed by atoms with E-state index in [1.54, 1.807) is 0 Å². The van der Waals surface area contributed by atoms with Crippen LogP contribution in [0, 0.1) is 0 Å². The van der Waals surface area contributed by atoms with Crippen molar-refractivity contribution in [2.45, 2.75) is 130 Å². The third kappa shape index (κ3) is 8.08. The lowest BCUT2D eigenvalue weighted by molar-refractivity contribution is -0.376. The molecule has 0 radical (unpaired) electrons. The summed E-state index contributed by atoms with van der Waals surface area (Å²) >= 11 is 0. The molecule has 22 nitrogen and oxygen atoms in total. The topological polar surface area (TPSA) is 362 Å². The molecule has 0 aromatic carbocycles. The standard InChI is InChI=1S/C26H46N2O20/c1-6(33)28-12-21(47-25-18(39)17(38)13(34)7(2-29)44-25)14(35)8(3-30)43-24(12)48-22-15(36)9(4-31)45-26(19(22)40)46-20-10(5-32)42-23(41)11(27)16(20)37/h7-26,29-32,34-41H,2-5,27H2,1H3,(H,28,33)/t7-,8-,9-,10-,11-,12-,13+,14-,15+,16-,17+,18-,19-,20-,21-,22+,23-,24+,25+,26+/m1/s1. The van der Waals surface area contributed by atoms with Crippen LogP contribution in [0.5, 0.6) is 0 Å². The highest BCUT2D eigenvalue weighted by atomic mass is 16.8. The Morgan fingerprint density at radius 2 is 1.02 bits per heavy atom. The summed E-state index contributed by atoms with van der Waals surface area (Å²) < 4.78 is 39.0. The Kier molecular flexibility index (Phi) is 13.8. The molecule has 1 amide bonds. The van der Waals surface area contributed by atoms with Crippen LogP contribution in [0.4, 0.5) is 0 Å². The van der Waals surface area contributed by atoms with Crippen molar-refractivity contribution in [1.29, 1.82) is 0 Å². The van der Waals surface area contributed by atoms with Gasteiger partial charge in [0.15, 0.2) is 25.2 Å². The molecule has 22 heteroatoms. The van der Waals surface area contributed by atoms with Crippen molar-refractivity contribution in [2.24, 2.45) is 5.73 Å². The maximum atomic E-state index is 12.3. The number of hydrogen-bond acceptors (Lipinski definition) is 21. The summed E-state index contributed by atoms with van der Waals surface area (Å²) in [7, 11) is 0. The van der Waals surface area contributed by atoms with E-state index in [9.17, 15) is 66.1 Å². The molecule has 4 rings (SSSR count). The summed E-state index contributed by atoms with van der Waals surface area (Å²) in [5.41, 5.74) is 5.74. The zero-order chi connectivity index (χ0) is 35.6. The first kappa shape index (κ1) is 39.5. The van der Waals surface area contributed by atoms with Crippen molar-refractivity contribution in [3.8, 4) is 0 Å². The van der Waals surface area contributed by atoms with Gasteiger partial charge >= 0.3 is 0 Å². The molecule has 48 heavy (non-hydrogen) atoms. The van der Waals surface area contributed by atoms with Gasteiger partial charge in [-0.05, 0) is 0 Å². The fraction of sp³-hybridized carbons (Fsp3) is 0.962. The number of rotatable bonds is 11. The molecule has 4 aliphatic rings. The number of nitrogens with two attached hydrogens (primary N) is 1. The quantitative estimate of drug-likeness (QED) is 0.0948. The Morgan fingerprint density at radius 1 is 0.562 bits per heavy atom. The average Bonchev–Trinajstić information content (AvgIpc) is 3.06. The Balaban J connectivity index is 1.61. The van der Waals surface area contributed by atoms with Crippen LogP contribution < -0.4 is 11.1 Å². The SMILES string of the molecule is CC(=O)N[C@H]1[C@H](O[C@H]2[C@@H](O)[C@@H](CO)O[C@@H](O[C@H]3[C@H](O)[C@@H](N)[C@H](O)O[C@@H]3CO)[C@@H]2O)O[C@H](CO)[C@@H](O)[C@@H]1O[C@@H]1O[C@H](CO)[C@H](O)[C@H](O)[C@H]1O. The Labute approximate surface area is 272 Å². The third-order valence-corrected chi connectivity index (χ3v) is 8.69. The summed E-state index contributed by atoms with van der Waals surface area (Å²) in [6.45, 7) is -2.30. The molecule has 0 bridgehead atoms. The molecule has 4 saturated heterocycles. The highest BCUT2D eigenvalue weighted by Crippen LogP contribution is 2.34. The summed E-state index contributed by atoms with van der Waals surface area (Å²) in [5.74, 6) is -0.753. The molecule has 4 fully saturated rings. The Morgan fingerprint density at radius 3 is 1.56 bits per heavy atom. The van der Waals surface area contributed by atoms with Gasteiger partial charge in [0.25, 0.3) is 0 Å². The van der Waals surface area contributed by atoms with Crippen LogP contribution in [0.2, 0.25) is 0 Å². The predicted molar refractivity (Wildman–Crippen MR) is 147 cm³/mol. The molecule has 20 atom stereocenters. The first-order valence-electron chi connectivity index (χ1n) is 15.2. The summed E-state index contributed by atoms with van der Waals surface area (Å²) in [6, 6.07) is -3.00. The molecule has 0 saturated carbocycles. The van der Waals surface area contributed by atoms with Crippen molar-refractivity contribution < 1.29 is 99.2 Å². The van der Waals surface area contributed by atoms with E-state index in [1.807, 2.05) is 0 Å². The lowest BCUT2D eigenvalue weighted by Gasteiger charge is -2.50. The molecule has 0 unspecified atom stereocenters. The fourth-order valence-corrected chi connectivity index (χ4v) is 5.97. The van der Waals surface area contributed by atoms with E-state index in [-0.39, 0.29) is 0 Å². The largest absolute Gasteiger partial charge is 0.394 e. The minimum atomic E-state index is -2.00. The fourth-order valence-electron chi connectivity index (χ4n) is 5.97. The molecule has 4 heterocycles. The van der Waals surface area contributed by atoms with Crippen molar-refractivity contribution in [3.63, 3.8) is 0 Å². The average molecular weight is 707 g/mol. The molecule has 4 aliphatic heterocycles. The second-order valence-electron chi connectivity index (χ2n) is 12.0. The third-order valence-electron chi connectivity index (χ3n) is 8.69. The number of carbonyl (C=O) groups is 1. The molecule has 0 aliphatic carbocycles. The van der Waals surface area contributed by atoms with Gasteiger partial charge in [-0.15, -0.1) is 0 Å². The minimum absolute atomic E-state index is 0.753. The molecule has 0 aromatic heterocycles. The highest BCUT2D eigenvalue weighted by molar-refractivity contribution is 5.73. The molecular weight excluding hydrogens is 660 g/mol. The lowest BCUT2D eigenvalue weighted by Crippen LogP contribution is -2.70. The maximum absolute atomic E-state index is 12.3. The van der Waals surface area contributed by atoms with Gasteiger partial charge in [0.05, 0.1) is 32.5 Å². The lowest BCUT2D eigenvalue weighted by atomic mass is 9.94. The number of hydrogen-bond donors (Lipinski definition) is 14. The van der Waals surface area contributed by atoms with Crippen LogP contribution in [0.1, 0.15) is 6.92 Å². The number of aliphatic hydroxyl groups is 12. The van der Waals surface area contributed by atoms with Gasteiger partial charge in [-0.2, -0.15) is 0 Å². The van der Waals surface area contributed by atoms with Gasteiger partial charge in [0.1, 0.15) is 91.5 Å². The first-order valence-corrected chi connectivity index (χ1v) is 15.2. The molecule has 15 N–H and O–H groups in total. The molecule has 0 spiro atoms. The smallest absolute Gasteiger partial charge is 0.217 e. The van der Waals surface area contributed by atoms with Crippen molar-refractivity contribution in [2.75, 3.05) is 26.4 Å². The van der Waals surface area contributed by atoms with Gasteiger partial charge in [0.2, 0.25) is 5.91 Å². The van der Waals surface area contributed by atoms with E-state index in [0.29, 0.717) is 0 Å². The zero-order valence-electron chi connectivity index (χ0n) is 25.6. The Hall–Kier alpha value is -1.33. The maximum Gasteiger partial charge on any atom is 0.217 e. The van der Waals surface area contributed by atoms with E-state index < -0.39 is 155 Å². The number of aliphatic hydroxyl groups excluding tert-OH is 12. The van der Waals surface area contributed by atoms with Gasteiger partial charge in [-0.1, -0.05) is 0 Å². The van der Waals surface area contributed by atoms with Crippen molar-refractivity contribution in [1.82, 2.24) is 5.32 Å². The van der Waals surface area contributed by atoms with Gasteiger partial charge in [-0.25, -0.2) is 0 Å². The van der Waals surface area contributed by atoms with Gasteiger partial charge in [0, 0.05) is 6.92 Å².